The largest absolute Gasteiger partial charge is 0.489 e. The SMILES string of the molecule is NCC1CCN(C(=O)c2occc2COc2ccccc2)CC1. The molecular formula is C18H22N2O3. The zero-order valence-corrected chi connectivity index (χ0v) is 13.1. The molecule has 2 aromatic rings. The number of nitrogens with zero attached hydrogens (tertiary/aromatic N) is 1. The van der Waals surface area contributed by atoms with E-state index in [4.69, 9.17) is 14.9 Å². The summed E-state index contributed by atoms with van der Waals surface area (Å²) in [6.45, 7) is 2.49. The molecular weight excluding hydrogens is 292 g/mol. The Morgan fingerprint density at radius 1 is 1.22 bits per heavy atom. The highest BCUT2D eigenvalue weighted by Crippen LogP contribution is 2.21. The Hall–Kier alpha value is -2.27. The van der Waals surface area contributed by atoms with Crippen molar-refractivity contribution >= 4 is 5.91 Å². The molecule has 0 radical (unpaired) electrons. The van der Waals surface area contributed by atoms with Gasteiger partial charge in [0.25, 0.3) is 5.91 Å². The third-order valence-electron chi connectivity index (χ3n) is 4.31. The molecule has 1 saturated heterocycles. The van der Waals surface area contributed by atoms with Crippen molar-refractivity contribution in [2.75, 3.05) is 19.6 Å². The summed E-state index contributed by atoms with van der Waals surface area (Å²) >= 11 is 0. The van der Waals surface area contributed by atoms with Crippen LogP contribution in [-0.2, 0) is 6.61 Å². The van der Waals surface area contributed by atoms with E-state index >= 15 is 0 Å². The minimum absolute atomic E-state index is 0.0582. The number of rotatable bonds is 5. The fraction of sp³-hybridized carbons (Fsp3) is 0.389. The summed E-state index contributed by atoms with van der Waals surface area (Å²) in [5.41, 5.74) is 6.48. The minimum Gasteiger partial charge on any atom is -0.489 e. The Morgan fingerprint density at radius 3 is 2.65 bits per heavy atom. The van der Waals surface area contributed by atoms with Crippen LogP contribution in [0.3, 0.4) is 0 Å². The topological polar surface area (TPSA) is 68.7 Å². The molecule has 1 aliphatic heterocycles. The van der Waals surface area contributed by atoms with Gasteiger partial charge in [-0.2, -0.15) is 0 Å². The highest BCUT2D eigenvalue weighted by molar-refractivity contribution is 5.93. The smallest absolute Gasteiger partial charge is 0.289 e. The van der Waals surface area contributed by atoms with Crippen LogP contribution in [0.5, 0.6) is 5.75 Å². The van der Waals surface area contributed by atoms with Crippen molar-refractivity contribution in [1.82, 2.24) is 4.90 Å². The summed E-state index contributed by atoms with van der Waals surface area (Å²) in [5.74, 6) is 1.62. The van der Waals surface area contributed by atoms with Gasteiger partial charge in [-0.15, -0.1) is 0 Å². The highest BCUT2D eigenvalue weighted by Gasteiger charge is 2.26. The van der Waals surface area contributed by atoms with E-state index in [0.717, 1.165) is 37.2 Å². The zero-order chi connectivity index (χ0) is 16.1. The first-order valence-electron chi connectivity index (χ1n) is 8.01. The predicted octanol–water partition coefficient (Wildman–Crippen LogP) is 2.67. The van der Waals surface area contributed by atoms with Crippen LogP contribution >= 0.6 is 0 Å². The Balaban J connectivity index is 1.62. The number of likely N-dealkylation sites (tertiary alicyclic amines) is 1. The lowest BCUT2D eigenvalue weighted by Crippen LogP contribution is -2.40. The summed E-state index contributed by atoms with van der Waals surface area (Å²) in [7, 11) is 0. The van der Waals surface area contributed by atoms with Gasteiger partial charge < -0.3 is 19.8 Å². The number of nitrogens with two attached hydrogens (primary N) is 1. The molecule has 0 atom stereocenters. The van der Waals surface area contributed by atoms with E-state index in [2.05, 4.69) is 0 Å². The molecule has 0 bridgehead atoms. The third-order valence-corrected chi connectivity index (χ3v) is 4.31. The molecule has 5 nitrogen and oxygen atoms in total. The second kappa shape index (κ2) is 7.33. The van der Waals surface area contributed by atoms with Crippen LogP contribution in [0.1, 0.15) is 29.0 Å². The molecule has 23 heavy (non-hydrogen) atoms. The van der Waals surface area contributed by atoms with Crippen LogP contribution in [0.2, 0.25) is 0 Å². The summed E-state index contributed by atoms with van der Waals surface area (Å²) in [4.78, 5) is 14.5. The first-order valence-corrected chi connectivity index (χ1v) is 8.01. The molecule has 0 spiro atoms. The van der Waals surface area contributed by atoms with E-state index < -0.39 is 0 Å². The molecule has 0 saturated carbocycles. The number of hydrogen-bond donors (Lipinski definition) is 1. The van der Waals surface area contributed by atoms with Crippen LogP contribution in [0, 0.1) is 5.92 Å². The zero-order valence-electron chi connectivity index (χ0n) is 13.1. The molecule has 122 valence electrons. The van der Waals surface area contributed by atoms with E-state index in [1.165, 1.54) is 0 Å². The molecule has 0 unspecified atom stereocenters. The maximum absolute atomic E-state index is 12.6. The fourth-order valence-corrected chi connectivity index (χ4v) is 2.83. The van der Waals surface area contributed by atoms with E-state index in [1.54, 1.807) is 12.3 Å². The average molecular weight is 314 g/mol. The maximum atomic E-state index is 12.6. The highest BCUT2D eigenvalue weighted by atomic mass is 16.5. The van der Waals surface area contributed by atoms with Gasteiger partial charge in [-0.1, -0.05) is 18.2 Å². The molecule has 3 rings (SSSR count). The number of furan rings is 1. The molecule has 5 heteroatoms. The van der Waals surface area contributed by atoms with Crippen LogP contribution in [0.4, 0.5) is 0 Å². The first-order chi connectivity index (χ1) is 11.3. The van der Waals surface area contributed by atoms with Crippen molar-refractivity contribution in [3.8, 4) is 5.75 Å². The predicted molar refractivity (Wildman–Crippen MR) is 87.2 cm³/mol. The fourth-order valence-electron chi connectivity index (χ4n) is 2.83. The summed E-state index contributed by atoms with van der Waals surface area (Å²) in [5, 5.41) is 0. The Morgan fingerprint density at radius 2 is 1.96 bits per heavy atom. The molecule has 1 aromatic heterocycles. The molecule has 2 N–H and O–H groups in total. The molecule has 1 aromatic carbocycles. The van der Waals surface area contributed by atoms with Gasteiger partial charge in [-0.3, -0.25) is 4.79 Å². The second-order valence-corrected chi connectivity index (χ2v) is 5.85. The van der Waals surface area contributed by atoms with Crippen molar-refractivity contribution in [3.63, 3.8) is 0 Å². The van der Waals surface area contributed by atoms with Crippen LogP contribution in [-0.4, -0.2) is 30.4 Å². The lowest BCUT2D eigenvalue weighted by atomic mass is 9.97. The van der Waals surface area contributed by atoms with Gasteiger partial charge in [0.2, 0.25) is 0 Å². The van der Waals surface area contributed by atoms with Crippen molar-refractivity contribution in [1.29, 1.82) is 0 Å². The van der Waals surface area contributed by atoms with Gasteiger partial charge in [-0.25, -0.2) is 0 Å². The monoisotopic (exact) mass is 314 g/mol. The Bertz CT molecular complexity index is 631. The number of para-hydroxylation sites is 1. The van der Waals surface area contributed by atoms with Crippen molar-refractivity contribution in [2.45, 2.75) is 19.4 Å². The standard InChI is InChI=1S/C18H22N2O3/c19-12-14-6-9-20(10-7-14)18(21)17-15(8-11-22-17)13-23-16-4-2-1-3-5-16/h1-5,8,11,14H,6-7,9-10,12-13,19H2. The van der Waals surface area contributed by atoms with Gasteiger partial charge in [0, 0.05) is 18.7 Å². The molecule has 1 fully saturated rings. The van der Waals surface area contributed by atoms with Crippen LogP contribution in [0.25, 0.3) is 0 Å². The van der Waals surface area contributed by atoms with Gasteiger partial charge in [0.05, 0.1) is 6.26 Å². The molecule has 1 amide bonds. The molecule has 0 aliphatic carbocycles. The van der Waals surface area contributed by atoms with Gasteiger partial charge in [0.15, 0.2) is 5.76 Å². The normalized spacial score (nSPS) is 15.6. The van der Waals surface area contributed by atoms with Gasteiger partial charge in [0.1, 0.15) is 12.4 Å². The average Bonchev–Trinajstić information content (AvgIpc) is 3.09. The second-order valence-electron chi connectivity index (χ2n) is 5.85. The Labute approximate surface area is 136 Å². The summed E-state index contributed by atoms with van der Waals surface area (Å²) in [6.07, 6.45) is 3.46. The number of amides is 1. The molecule has 1 aliphatic rings. The quantitative estimate of drug-likeness (QED) is 0.921. The summed E-state index contributed by atoms with van der Waals surface area (Å²) in [6, 6.07) is 11.3. The first kappa shape index (κ1) is 15.6. The van der Waals surface area contributed by atoms with Crippen LogP contribution in [0.15, 0.2) is 47.1 Å². The Kier molecular flexibility index (Phi) is 4.98. The van der Waals surface area contributed by atoms with Gasteiger partial charge in [-0.05, 0) is 43.5 Å². The maximum Gasteiger partial charge on any atom is 0.289 e. The number of carbonyl (C=O) groups is 1. The van der Waals surface area contributed by atoms with E-state index in [0.29, 0.717) is 24.8 Å². The third kappa shape index (κ3) is 3.74. The van der Waals surface area contributed by atoms with E-state index in [9.17, 15) is 4.79 Å². The lowest BCUT2D eigenvalue weighted by molar-refractivity contribution is 0.0657. The summed E-state index contributed by atoms with van der Waals surface area (Å²) < 4.78 is 11.1. The number of hydrogen-bond acceptors (Lipinski definition) is 4. The number of carbonyl (C=O) groups excluding carboxylic acids is 1. The minimum atomic E-state index is -0.0582. The van der Waals surface area contributed by atoms with Crippen molar-refractivity contribution in [3.05, 3.63) is 54.0 Å². The van der Waals surface area contributed by atoms with Crippen molar-refractivity contribution < 1.29 is 13.9 Å². The van der Waals surface area contributed by atoms with E-state index in [1.807, 2.05) is 35.2 Å². The lowest BCUT2D eigenvalue weighted by Gasteiger charge is -2.31. The number of benzene rings is 1. The van der Waals surface area contributed by atoms with E-state index in [-0.39, 0.29) is 5.91 Å². The van der Waals surface area contributed by atoms with Crippen LogP contribution < -0.4 is 10.5 Å². The van der Waals surface area contributed by atoms with Crippen molar-refractivity contribution in [2.24, 2.45) is 11.7 Å². The number of ether oxygens (including phenoxy) is 1. The molecule has 2 heterocycles. The van der Waals surface area contributed by atoms with Gasteiger partial charge >= 0.3 is 0 Å². The number of piperidine rings is 1.